The first-order valence-electron chi connectivity index (χ1n) is 8.52. The molecule has 0 saturated heterocycles. The van der Waals surface area contributed by atoms with Gasteiger partial charge in [-0.1, -0.05) is 24.3 Å². The number of sulfonamides is 1. The van der Waals surface area contributed by atoms with Gasteiger partial charge in [0.25, 0.3) is 0 Å². The van der Waals surface area contributed by atoms with Crippen LogP contribution in [0, 0.1) is 11.3 Å². The fraction of sp³-hybridized carbons (Fsp3) is 0.250. The van der Waals surface area contributed by atoms with Crippen molar-refractivity contribution in [1.29, 1.82) is 5.26 Å². The number of nitrogens with zero attached hydrogens (tertiary/aromatic N) is 2. The van der Waals surface area contributed by atoms with E-state index in [1.807, 2.05) is 49.4 Å². The van der Waals surface area contributed by atoms with Gasteiger partial charge in [0.2, 0.25) is 10.0 Å². The third-order valence-electron chi connectivity index (χ3n) is 4.47. The molecule has 1 heterocycles. The maximum Gasteiger partial charge on any atom is 0.209 e. The molecule has 0 radical (unpaired) electrons. The minimum atomic E-state index is -3.24. The Kier molecular flexibility index (Phi) is 5.22. The van der Waals surface area contributed by atoms with Crippen molar-refractivity contribution in [1.82, 2.24) is 9.29 Å². The quantitative estimate of drug-likeness (QED) is 0.708. The van der Waals surface area contributed by atoms with Crippen molar-refractivity contribution in [2.24, 2.45) is 0 Å². The lowest BCUT2D eigenvalue weighted by atomic mass is 10.0. The van der Waals surface area contributed by atoms with Gasteiger partial charge in [-0.3, -0.25) is 0 Å². The van der Waals surface area contributed by atoms with Crippen LogP contribution in [-0.4, -0.2) is 26.4 Å². The predicted molar refractivity (Wildman–Crippen MR) is 106 cm³/mol. The van der Waals surface area contributed by atoms with E-state index in [0.29, 0.717) is 12.1 Å². The molecule has 6 nitrogen and oxygen atoms in total. The Morgan fingerprint density at radius 2 is 1.89 bits per heavy atom. The zero-order valence-electron chi connectivity index (χ0n) is 15.5. The highest BCUT2D eigenvalue weighted by molar-refractivity contribution is 7.88. The third kappa shape index (κ3) is 3.82. The number of aromatic nitrogens is 1. The summed E-state index contributed by atoms with van der Waals surface area (Å²) in [6.45, 7) is 2.98. The van der Waals surface area contributed by atoms with E-state index in [1.165, 1.54) is 0 Å². The van der Waals surface area contributed by atoms with Crippen molar-refractivity contribution in [2.75, 3.05) is 13.4 Å². The first-order chi connectivity index (χ1) is 12.9. The summed E-state index contributed by atoms with van der Waals surface area (Å²) in [4.78, 5) is 0. The molecule has 1 aromatic heterocycles. The molecule has 0 bridgehead atoms. The van der Waals surface area contributed by atoms with E-state index in [4.69, 9.17) is 4.74 Å². The molecule has 0 atom stereocenters. The Hall–Kier alpha value is -2.82. The van der Waals surface area contributed by atoms with E-state index in [1.54, 1.807) is 7.11 Å². The Bertz CT molecular complexity index is 1120. The molecule has 7 heteroatoms. The molecule has 0 aliphatic heterocycles. The van der Waals surface area contributed by atoms with E-state index < -0.39 is 10.0 Å². The van der Waals surface area contributed by atoms with Crippen LogP contribution in [0.2, 0.25) is 0 Å². The highest BCUT2D eigenvalue weighted by Crippen LogP contribution is 2.35. The normalized spacial score (nSPS) is 11.5. The molecule has 3 rings (SSSR count). The number of fused-ring (bicyclic) bond motifs is 1. The molecule has 140 valence electrons. The standard InChI is InChI=1S/C20H21N3O3S/c1-4-23-19-11-16(26-2)9-10-17(19)18(12-21)20(23)15-7-5-14(6-8-15)13-22-27(3,24)25/h5-11,22H,4,13H2,1-3H3. The number of hydrogen-bond donors (Lipinski definition) is 1. The first kappa shape index (κ1) is 19.0. The second-order valence-corrected chi connectivity index (χ2v) is 8.09. The molecule has 0 fully saturated rings. The summed E-state index contributed by atoms with van der Waals surface area (Å²) in [5, 5.41) is 10.7. The number of methoxy groups -OCH3 is 1. The number of benzene rings is 2. The van der Waals surface area contributed by atoms with Crippen LogP contribution >= 0.6 is 0 Å². The minimum Gasteiger partial charge on any atom is -0.497 e. The van der Waals surface area contributed by atoms with Crippen molar-refractivity contribution < 1.29 is 13.2 Å². The Morgan fingerprint density at radius 1 is 1.19 bits per heavy atom. The summed E-state index contributed by atoms with van der Waals surface area (Å²) in [7, 11) is -1.62. The largest absolute Gasteiger partial charge is 0.497 e. The molecule has 1 N–H and O–H groups in total. The van der Waals surface area contributed by atoms with Crippen molar-refractivity contribution in [3.63, 3.8) is 0 Å². The highest BCUT2D eigenvalue weighted by atomic mass is 32.2. The van der Waals surface area contributed by atoms with Crippen LogP contribution in [0.15, 0.2) is 42.5 Å². The van der Waals surface area contributed by atoms with Gasteiger partial charge >= 0.3 is 0 Å². The van der Waals surface area contributed by atoms with E-state index in [0.717, 1.165) is 39.7 Å². The topological polar surface area (TPSA) is 84.1 Å². The lowest BCUT2D eigenvalue weighted by Crippen LogP contribution is -2.21. The second-order valence-electron chi connectivity index (χ2n) is 6.25. The number of ether oxygens (including phenoxy) is 1. The zero-order valence-corrected chi connectivity index (χ0v) is 16.3. The SMILES string of the molecule is CCn1c(-c2ccc(CNS(C)(=O)=O)cc2)c(C#N)c2ccc(OC)cc21. The van der Waals surface area contributed by atoms with Gasteiger partial charge in [-0.05, 0) is 30.2 Å². The first-order valence-corrected chi connectivity index (χ1v) is 10.4. The summed E-state index contributed by atoms with van der Waals surface area (Å²) in [5.41, 5.74) is 4.18. The maximum atomic E-state index is 11.3. The maximum absolute atomic E-state index is 11.3. The van der Waals surface area contributed by atoms with Crippen molar-refractivity contribution in [2.45, 2.75) is 20.0 Å². The van der Waals surface area contributed by atoms with Gasteiger partial charge in [0.15, 0.2) is 0 Å². The molecule has 0 amide bonds. The molecule has 0 unspecified atom stereocenters. The molecule has 27 heavy (non-hydrogen) atoms. The van der Waals surface area contributed by atoms with Crippen LogP contribution in [0.4, 0.5) is 0 Å². The molecule has 2 aromatic carbocycles. The Labute approximate surface area is 159 Å². The molecule has 0 aliphatic rings. The van der Waals surface area contributed by atoms with Gasteiger partial charge in [-0.15, -0.1) is 0 Å². The summed E-state index contributed by atoms with van der Waals surface area (Å²) < 4.78 is 32.4. The summed E-state index contributed by atoms with van der Waals surface area (Å²) in [5.74, 6) is 0.743. The monoisotopic (exact) mass is 383 g/mol. The van der Waals surface area contributed by atoms with E-state index in [2.05, 4.69) is 15.4 Å². The molecular weight excluding hydrogens is 362 g/mol. The highest BCUT2D eigenvalue weighted by Gasteiger charge is 2.18. The van der Waals surface area contributed by atoms with Crippen molar-refractivity contribution in [3.8, 4) is 23.1 Å². The van der Waals surface area contributed by atoms with Gasteiger partial charge in [0, 0.05) is 24.5 Å². The van der Waals surface area contributed by atoms with Crippen molar-refractivity contribution >= 4 is 20.9 Å². The molecule has 0 aliphatic carbocycles. The van der Waals surface area contributed by atoms with E-state index >= 15 is 0 Å². The van der Waals surface area contributed by atoms with Crippen LogP contribution in [0.5, 0.6) is 5.75 Å². The lowest BCUT2D eigenvalue weighted by molar-refractivity contribution is 0.415. The average molecular weight is 383 g/mol. The van der Waals surface area contributed by atoms with Crippen LogP contribution in [0.25, 0.3) is 22.2 Å². The number of hydrogen-bond acceptors (Lipinski definition) is 4. The van der Waals surface area contributed by atoms with Crippen molar-refractivity contribution in [3.05, 3.63) is 53.6 Å². The Morgan fingerprint density at radius 3 is 2.44 bits per heavy atom. The van der Waals surface area contributed by atoms with Crippen LogP contribution < -0.4 is 9.46 Å². The van der Waals surface area contributed by atoms with Gasteiger partial charge in [0.05, 0.1) is 30.1 Å². The summed E-state index contributed by atoms with van der Waals surface area (Å²) >= 11 is 0. The predicted octanol–water partition coefficient (Wildman–Crippen LogP) is 3.26. The zero-order chi connectivity index (χ0) is 19.6. The summed E-state index contributed by atoms with van der Waals surface area (Å²) in [6, 6.07) is 15.6. The number of aryl methyl sites for hydroxylation is 1. The minimum absolute atomic E-state index is 0.234. The number of rotatable bonds is 6. The third-order valence-corrected chi connectivity index (χ3v) is 5.13. The number of nitrogens with one attached hydrogen (secondary N) is 1. The second kappa shape index (κ2) is 7.43. The van der Waals surface area contributed by atoms with Crippen LogP contribution in [-0.2, 0) is 23.1 Å². The molecular formula is C20H21N3O3S. The fourth-order valence-electron chi connectivity index (χ4n) is 3.19. The Balaban J connectivity index is 2.09. The van der Waals surface area contributed by atoms with Gasteiger partial charge in [-0.25, -0.2) is 13.1 Å². The summed E-state index contributed by atoms with van der Waals surface area (Å²) in [6.07, 6.45) is 1.13. The molecule has 0 saturated carbocycles. The number of nitriles is 1. The van der Waals surface area contributed by atoms with Gasteiger partial charge < -0.3 is 9.30 Å². The van der Waals surface area contributed by atoms with Crippen LogP contribution in [0.1, 0.15) is 18.1 Å². The van der Waals surface area contributed by atoms with Gasteiger partial charge in [-0.2, -0.15) is 5.26 Å². The lowest BCUT2D eigenvalue weighted by Gasteiger charge is -2.10. The van der Waals surface area contributed by atoms with Gasteiger partial charge in [0.1, 0.15) is 11.8 Å². The average Bonchev–Trinajstić information content (AvgIpc) is 2.98. The molecule has 0 spiro atoms. The molecule has 3 aromatic rings. The van der Waals surface area contributed by atoms with Crippen LogP contribution in [0.3, 0.4) is 0 Å². The van der Waals surface area contributed by atoms with E-state index in [-0.39, 0.29) is 6.54 Å². The smallest absolute Gasteiger partial charge is 0.209 e. The fourth-order valence-corrected chi connectivity index (χ4v) is 3.62. The van der Waals surface area contributed by atoms with E-state index in [9.17, 15) is 13.7 Å².